The van der Waals surface area contributed by atoms with E-state index in [2.05, 4.69) is 10.3 Å². The Bertz CT molecular complexity index is 1010. The van der Waals surface area contributed by atoms with Gasteiger partial charge >= 0.3 is 11.9 Å². The topological polar surface area (TPSA) is 92.5 Å². The molecule has 0 N–H and O–H groups in total. The Labute approximate surface area is 165 Å². The zero-order chi connectivity index (χ0) is 20.3. The van der Waals surface area contributed by atoms with Crippen LogP contribution in [0, 0.1) is 0 Å². The monoisotopic (exact) mass is 401 g/mol. The Morgan fingerprint density at radius 3 is 2.18 bits per heavy atom. The number of aromatic nitrogens is 3. The van der Waals surface area contributed by atoms with Gasteiger partial charge in [0.05, 0.1) is 29.6 Å². The van der Waals surface area contributed by atoms with Crippen molar-refractivity contribution in [1.29, 1.82) is 0 Å². The molecule has 0 fully saturated rings. The second kappa shape index (κ2) is 8.10. The van der Waals surface area contributed by atoms with Gasteiger partial charge in [-0.3, -0.25) is 9.59 Å². The van der Waals surface area contributed by atoms with Crippen molar-refractivity contribution in [3.63, 3.8) is 0 Å². The van der Waals surface area contributed by atoms with Gasteiger partial charge in [-0.05, 0) is 12.1 Å². The summed E-state index contributed by atoms with van der Waals surface area (Å²) in [4.78, 5) is 23.1. The first-order chi connectivity index (χ1) is 13.4. The summed E-state index contributed by atoms with van der Waals surface area (Å²) in [6.07, 6.45) is 1.59. The maximum Gasteiger partial charge on any atom is 0.308 e. The third kappa shape index (κ3) is 4.12. The highest BCUT2D eigenvalue weighted by Gasteiger charge is 2.22. The quantitative estimate of drug-likeness (QED) is 0.477. The lowest BCUT2D eigenvalue weighted by Gasteiger charge is -2.13. The summed E-state index contributed by atoms with van der Waals surface area (Å²) in [5.74, 6) is -0.526. The van der Waals surface area contributed by atoms with Crippen LogP contribution in [0.15, 0.2) is 42.6 Å². The van der Waals surface area contributed by atoms with Gasteiger partial charge in [0, 0.05) is 26.0 Å². The van der Waals surface area contributed by atoms with E-state index in [4.69, 9.17) is 25.8 Å². The summed E-state index contributed by atoms with van der Waals surface area (Å²) >= 11 is 6.21. The number of hydrogen-bond acceptors (Lipinski definition) is 7. The van der Waals surface area contributed by atoms with E-state index in [1.165, 1.54) is 37.8 Å². The van der Waals surface area contributed by atoms with E-state index in [0.29, 0.717) is 22.2 Å². The molecule has 0 saturated heterocycles. The summed E-state index contributed by atoms with van der Waals surface area (Å²) in [5.41, 5.74) is 1.21. The fourth-order valence-corrected chi connectivity index (χ4v) is 2.76. The molecular weight excluding hydrogens is 386 g/mol. The molecule has 0 atom stereocenters. The van der Waals surface area contributed by atoms with Crippen molar-refractivity contribution in [3.05, 3.63) is 47.6 Å². The van der Waals surface area contributed by atoms with Crippen molar-refractivity contribution < 1.29 is 23.8 Å². The van der Waals surface area contributed by atoms with Crippen LogP contribution in [-0.4, -0.2) is 34.0 Å². The lowest BCUT2D eigenvalue weighted by Crippen LogP contribution is -2.07. The Morgan fingerprint density at radius 2 is 1.64 bits per heavy atom. The highest BCUT2D eigenvalue weighted by molar-refractivity contribution is 6.32. The maximum absolute atomic E-state index is 11.6. The molecule has 3 aromatic rings. The van der Waals surface area contributed by atoms with E-state index in [9.17, 15) is 9.59 Å². The Hall–Kier alpha value is -3.39. The summed E-state index contributed by atoms with van der Waals surface area (Å²) in [6.45, 7) is 2.52. The second-order valence-electron chi connectivity index (χ2n) is 5.69. The summed E-state index contributed by atoms with van der Waals surface area (Å²) in [5, 5.41) is 8.68. The zero-order valence-corrected chi connectivity index (χ0v) is 16.1. The predicted octanol–water partition coefficient (Wildman–Crippen LogP) is 3.45. The molecule has 0 unspecified atom stereocenters. The SMILES string of the molecule is COc1cc(OC(C)=O)c(-c2cn(-c3ccccc3Cl)nn2)c(OC(C)=O)c1. The minimum Gasteiger partial charge on any atom is -0.496 e. The fourth-order valence-electron chi connectivity index (χ4n) is 2.54. The number of carbonyl (C=O) groups excluding carboxylic acids is 2. The van der Waals surface area contributed by atoms with Gasteiger partial charge in [-0.2, -0.15) is 0 Å². The molecule has 0 bridgehead atoms. The summed E-state index contributed by atoms with van der Waals surface area (Å²) < 4.78 is 17.2. The van der Waals surface area contributed by atoms with Gasteiger partial charge in [-0.1, -0.05) is 28.9 Å². The maximum atomic E-state index is 11.6. The molecule has 0 aliphatic carbocycles. The third-order valence-corrected chi connectivity index (χ3v) is 3.95. The molecule has 0 saturated carbocycles. The summed E-state index contributed by atoms with van der Waals surface area (Å²) in [7, 11) is 1.44. The van der Waals surface area contributed by atoms with Gasteiger partial charge in [0.25, 0.3) is 0 Å². The number of hydrogen-bond donors (Lipinski definition) is 0. The highest BCUT2D eigenvalue weighted by Crippen LogP contribution is 2.41. The predicted molar refractivity (Wildman–Crippen MR) is 101 cm³/mol. The molecule has 1 heterocycles. The van der Waals surface area contributed by atoms with E-state index in [1.807, 2.05) is 6.07 Å². The molecule has 0 aliphatic heterocycles. The van der Waals surface area contributed by atoms with Crippen molar-refractivity contribution in [3.8, 4) is 34.2 Å². The molecule has 8 nitrogen and oxygen atoms in total. The number of nitrogens with zero attached hydrogens (tertiary/aromatic N) is 3. The molecule has 0 radical (unpaired) electrons. The van der Waals surface area contributed by atoms with Gasteiger partial charge < -0.3 is 14.2 Å². The molecular formula is C19H16ClN3O5. The average molecular weight is 402 g/mol. The minimum absolute atomic E-state index is 0.120. The molecule has 0 aliphatic rings. The molecule has 0 spiro atoms. The van der Waals surface area contributed by atoms with Crippen LogP contribution in [0.1, 0.15) is 13.8 Å². The van der Waals surface area contributed by atoms with Crippen molar-refractivity contribution in [2.75, 3.05) is 7.11 Å². The lowest BCUT2D eigenvalue weighted by atomic mass is 10.1. The zero-order valence-electron chi connectivity index (χ0n) is 15.3. The highest BCUT2D eigenvalue weighted by atomic mass is 35.5. The Morgan fingerprint density at radius 1 is 1.04 bits per heavy atom. The Balaban J connectivity index is 2.18. The van der Waals surface area contributed by atoms with Gasteiger partial charge in [0.1, 0.15) is 22.9 Å². The standard InChI is InChI=1S/C19H16ClN3O5/c1-11(24)27-17-8-13(26-3)9-18(28-12(2)25)19(17)15-10-23(22-21-15)16-7-5-4-6-14(16)20/h4-10H,1-3H3. The van der Waals surface area contributed by atoms with Crippen molar-refractivity contribution in [2.24, 2.45) is 0 Å². The van der Waals surface area contributed by atoms with Crippen LogP contribution in [0.5, 0.6) is 17.2 Å². The van der Waals surface area contributed by atoms with E-state index in [1.54, 1.807) is 24.4 Å². The van der Waals surface area contributed by atoms with E-state index in [-0.39, 0.29) is 17.1 Å². The third-order valence-electron chi connectivity index (χ3n) is 3.63. The number of rotatable bonds is 5. The van der Waals surface area contributed by atoms with Crippen LogP contribution in [0.25, 0.3) is 16.9 Å². The van der Waals surface area contributed by atoms with Crippen molar-refractivity contribution in [2.45, 2.75) is 13.8 Å². The largest absolute Gasteiger partial charge is 0.496 e. The van der Waals surface area contributed by atoms with Gasteiger partial charge in [0.2, 0.25) is 0 Å². The number of para-hydroxylation sites is 1. The van der Waals surface area contributed by atoms with Crippen LogP contribution >= 0.6 is 11.6 Å². The lowest BCUT2D eigenvalue weighted by molar-refractivity contribution is -0.132. The number of esters is 2. The van der Waals surface area contributed by atoms with Gasteiger partial charge in [-0.25, -0.2) is 4.68 Å². The van der Waals surface area contributed by atoms with Crippen LogP contribution < -0.4 is 14.2 Å². The fraction of sp³-hybridized carbons (Fsp3) is 0.158. The molecule has 28 heavy (non-hydrogen) atoms. The van der Waals surface area contributed by atoms with E-state index >= 15 is 0 Å². The molecule has 0 amide bonds. The first kappa shape index (κ1) is 19.4. The van der Waals surface area contributed by atoms with Gasteiger partial charge in [-0.15, -0.1) is 5.10 Å². The molecule has 1 aromatic heterocycles. The van der Waals surface area contributed by atoms with E-state index < -0.39 is 11.9 Å². The van der Waals surface area contributed by atoms with Crippen LogP contribution in [-0.2, 0) is 9.59 Å². The van der Waals surface area contributed by atoms with Crippen LogP contribution in [0.2, 0.25) is 5.02 Å². The first-order valence-electron chi connectivity index (χ1n) is 8.15. The van der Waals surface area contributed by atoms with Crippen LogP contribution in [0.4, 0.5) is 0 Å². The van der Waals surface area contributed by atoms with Crippen LogP contribution in [0.3, 0.4) is 0 Å². The van der Waals surface area contributed by atoms with E-state index in [0.717, 1.165) is 0 Å². The molecule has 2 aromatic carbocycles. The molecule has 9 heteroatoms. The normalized spacial score (nSPS) is 10.4. The number of halogens is 1. The second-order valence-corrected chi connectivity index (χ2v) is 6.09. The first-order valence-corrected chi connectivity index (χ1v) is 8.53. The minimum atomic E-state index is -0.554. The number of carbonyl (C=O) groups is 2. The van der Waals surface area contributed by atoms with Crippen molar-refractivity contribution >= 4 is 23.5 Å². The number of ether oxygens (including phenoxy) is 3. The smallest absolute Gasteiger partial charge is 0.308 e. The Kier molecular flexibility index (Phi) is 5.60. The van der Waals surface area contributed by atoms with Crippen molar-refractivity contribution in [1.82, 2.24) is 15.0 Å². The van der Waals surface area contributed by atoms with Gasteiger partial charge in [0.15, 0.2) is 0 Å². The summed E-state index contributed by atoms with van der Waals surface area (Å²) in [6, 6.07) is 10.1. The number of benzene rings is 2. The molecule has 3 rings (SSSR count). The number of methoxy groups -OCH3 is 1. The average Bonchev–Trinajstić information content (AvgIpc) is 3.10. The molecule has 144 valence electrons.